The van der Waals surface area contributed by atoms with Gasteiger partial charge in [0.1, 0.15) is 0 Å². The molecule has 2 aromatic heterocycles. The van der Waals surface area contributed by atoms with E-state index in [1.165, 1.54) is 80.8 Å². The van der Waals surface area contributed by atoms with E-state index >= 15 is 0 Å². The van der Waals surface area contributed by atoms with Crippen molar-refractivity contribution in [2.24, 2.45) is 0 Å². The van der Waals surface area contributed by atoms with Gasteiger partial charge in [-0.15, -0.1) is 11.3 Å². The molecule has 0 N–H and O–H groups in total. The van der Waals surface area contributed by atoms with E-state index in [2.05, 4.69) is 202 Å². The maximum Gasteiger partial charge on any atom is 0.160 e. The first-order chi connectivity index (χ1) is 29.5. The third-order valence-electron chi connectivity index (χ3n) is 12.7. The van der Waals surface area contributed by atoms with Crippen molar-refractivity contribution in [3.05, 3.63) is 205 Å². The van der Waals surface area contributed by atoms with Crippen LogP contribution in [0.5, 0.6) is 0 Å². The fourth-order valence-corrected chi connectivity index (χ4v) is 11.0. The van der Waals surface area contributed by atoms with Gasteiger partial charge in [-0.3, -0.25) is 0 Å². The quantitative estimate of drug-likeness (QED) is 0.174. The minimum absolute atomic E-state index is 0.0649. The number of rotatable bonds is 5. The summed E-state index contributed by atoms with van der Waals surface area (Å²) in [7, 11) is 0. The highest BCUT2D eigenvalue weighted by molar-refractivity contribution is 7.25. The molecule has 0 spiro atoms. The Morgan fingerprint density at radius 1 is 0.383 bits per heavy atom. The predicted molar refractivity (Wildman–Crippen MR) is 255 cm³/mol. The molecule has 0 amide bonds. The lowest BCUT2D eigenvalue weighted by atomic mass is 9.80. The summed E-state index contributed by atoms with van der Waals surface area (Å²) in [6, 6.07) is 70.6. The van der Waals surface area contributed by atoms with E-state index < -0.39 is 0 Å². The van der Waals surface area contributed by atoms with Gasteiger partial charge in [0.2, 0.25) is 0 Å². The van der Waals surface area contributed by atoms with Crippen LogP contribution in [0.25, 0.3) is 109 Å². The molecule has 0 unspecified atom stereocenters. The number of benzene rings is 9. The van der Waals surface area contributed by atoms with Crippen molar-refractivity contribution in [2.45, 2.75) is 19.3 Å². The summed E-state index contributed by atoms with van der Waals surface area (Å²) in [4.78, 5) is 10.5. The van der Waals surface area contributed by atoms with Gasteiger partial charge in [0, 0.05) is 42.3 Å². The summed E-state index contributed by atoms with van der Waals surface area (Å²) in [5.41, 5.74) is 15.3. The first kappa shape index (κ1) is 34.8. The average molecular weight is 783 g/mol. The fraction of sp³-hybridized carbons (Fsp3) is 0.0526. The summed E-state index contributed by atoms with van der Waals surface area (Å²) in [6.07, 6.45) is 0. The maximum atomic E-state index is 5.28. The molecule has 0 atom stereocenters. The Hall–Kier alpha value is -7.20. The molecule has 0 saturated heterocycles. The van der Waals surface area contributed by atoms with E-state index in [9.17, 15) is 0 Å². The molecule has 0 bridgehead atoms. The van der Waals surface area contributed by atoms with E-state index in [0.717, 1.165) is 39.3 Å². The van der Waals surface area contributed by atoms with Crippen LogP contribution in [-0.4, -0.2) is 9.97 Å². The van der Waals surface area contributed by atoms with Crippen LogP contribution in [0, 0.1) is 0 Å². The van der Waals surface area contributed by atoms with Crippen LogP contribution in [-0.2, 0) is 5.41 Å². The highest BCUT2D eigenvalue weighted by atomic mass is 32.1. The Morgan fingerprint density at radius 3 is 1.82 bits per heavy atom. The summed E-state index contributed by atoms with van der Waals surface area (Å²) < 4.78 is 2.54. The molecule has 3 heteroatoms. The summed E-state index contributed by atoms with van der Waals surface area (Å²) >= 11 is 1.83. The molecule has 0 aliphatic heterocycles. The maximum absolute atomic E-state index is 5.28. The van der Waals surface area contributed by atoms with Crippen LogP contribution in [0.2, 0.25) is 0 Å². The summed E-state index contributed by atoms with van der Waals surface area (Å²) in [5, 5.41) is 7.50. The summed E-state index contributed by atoms with van der Waals surface area (Å²) in [5.74, 6) is 0.718. The van der Waals surface area contributed by atoms with Crippen molar-refractivity contribution in [3.63, 3.8) is 0 Å². The molecule has 0 fully saturated rings. The Kier molecular flexibility index (Phi) is 7.79. The van der Waals surface area contributed by atoms with Crippen LogP contribution < -0.4 is 0 Å². The number of hydrogen-bond donors (Lipinski definition) is 0. The van der Waals surface area contributed by atoms with E-state index in [-0.39, 0.29) is 5.41 Å². The van der Waals surface area contributed by atoms with E-state index in [1.807, 2.05) is 17.4 Å². The van der Waals surface area contributed by atoms with Crippen LogP contribution in [0.3, 0.4) is 0 Å². The highest BCUT2D eigenvalue weighted by Crippen LogP contribution is 2.52. The number of hydrogen-bond acceptors (Lipinski definition) is 3. The Morgan fingerprint density at radius 2 is 1.00 bits per heavy atom. The van der Waals surface area contributed by atoms with E-state index in [0.29, 0.717) is 0 Å². The molecule has 12 rings (SSSR count). The van der Waals surface area contributed by atoms with E-state index in [1.54, 1.807) is 0 Å². The fourth-order valence-electron chi connectivity index (χ4n) is 9.84. The average Bonchev–Trinajstić information content (AvgIpc) is 3.80. The minimum Gasteiger partial charge on any atom is -0.228 e. The molecule has 60 heavy (non-hydrogen) atoms. The normalized spacial score (nSPS) is 13.0. The molecule has 0 saturated carbocycles. The zero-order valence-corrected chi connectivity index (χ0v) is 34.1. The lowest BCUT2D eigenvalue weighted by Crippen LogP contribution is -2.15. The van der Waals surface area contributed by atoms with Gasteiger partial charge in [0.15, 0.2) is 5.82 Å². The van der Waals surface area contributed by atoms with Gasteiger partial charge < -0.3 is 0 Å². The second kappa shape index (κ2) is 13.4. The molecule has 282 valence electrons. The largest absolute Gasteiger partial charge is 0.228 e. The van der Waals surface area contributed by atoms with Crippen molar-refractivity contribution in [1.82, 2.24) is 9.97 Å². The van der Waals surface area contributed by atoms with Crippen molar-refractivity contribution in [1.29, 1.82) is 0 Å². The standard InChI is InChI=1S/C57H38N2S/c1-57(2)49-32-28-39(33-48(49)45-29-27-36-13-6-7-16-41(36)55(45)57)35-23-25-37(26-24-35)40-30-31-44(43-18-9-8-17-42(40)43)50-34-51(59-56(58-50)38-14-4-3-5-15-38)46-20-12-22-53-54(46)47-19-10-11-21-52(47)60-53/h3-34H,1-2H3. The summed E-state index contributed by atoms with van der Waals surface area (Å²) in [6.45, 7) is 4.74. The second-order valence-corrected chi connectivity index (χ2v) is 17.6. The van der Waals surface area contributed by atoms with Crippen molar-refractivity contribution >= 4 is 53.1 Å². The molecule has 11 aromatic rings. The second-order valence-electron chi connectivity index (χ2n) is 16.5. The van der Waals surface area contributed by atoms with Crippen molar-refractivity contribution in [2.75, 3.05) is 0 Å². The highest BCUT2D eigenvalue weighted by Gasteiger charge is 2.37. The zero-order chi connectivity index (χ0) is 40.0. The number of aromatic nitrogens is 2. The van der Waals surface area contributed by atoms with Gasteiger partial charge in [0.05, 0.1) is 11.4 Å². The number of fused-ring (bicyclic) bond motifs is 9. The minimum atomic E-state index is -0.0649. The van der Waals surface area contributed by atoms with Crippen LogP contribution in [0.4, 0.5) is 0 Å². The van der Waals surface area contributed by atoms with Crippen LogP contribution in [0.15, 0.2) is 194 Å². The van der Waals surface area contributed by atoms with Crippen molar-refractivity contribution < 1.29 is 0 Å². The molecule has 1 aliphatic carbocycles. The molecule has 1 aliphatic rings. The molecule has 0 radical (unpaired) electrons. The zero-order valence-electron chi connectivity index (χ0n) is 33.3. The monoisotopic (exact) mass is 782 g/mol. The SMILES string of the molecule is CC1(C)c2ccc(-c3ccc(-c4ccc(-c5cc(-c6cccc7sc8ccccc8c67)nc(-c6ccccc6)n5)c5ccccc45)cc3)cc2-c2ccc3ccccc3c21. The van der Waals surface area contributed by atoms with Gasteiger partial charge >= 0.3 is 0 Å². The Labute approximate surface area is 353 Å². The van der Waals surface area contributed by atoms with Crippen molar-refractivity contribution in [3.8, 4) is 67.3 Å². The third kappa shape index (κ3) is 5.40. The topological polar surface area (TPSA) is 25.8 Å². The van der Waals surface area contributed by atoms with Gasteiger partial charge in [-0.25, -0.2) is 9.97 Å². The lowest BCUT2D eigenvalue weighted by Gasteiger charge is -2.23. The molecule has 2 nitrogen and oxygen atoms in total. The van der Waals surface area contributed by atoms with Crippen LogP contribution in [0.1, 0.15) is 25.0 Å². The Bertz CT molecular complexity index is 3500. The molecule has 9 aromatic carbocycles. The Balaban J connectivity index is 0.953. The smallest absolute Gasteiger partial charge is 0.160 e. The molecular weight excluding hydrogens is 745 g/mol. The first-order valence-corrected chi connectivity index (χ1v) is 21.5. The molecular formula is C57H38N2S. The van der Waals surface area contributed by atoms with E-state index in [4.69, 9.17) is 9.97 Å². The van der Waals surface area contributed by atoms with Gasteiger partial charge in [-0.05, 0) is 90.3 Å². The van der Waals surface area contributed by atoms with Gasteiger partial charge in [0.25, 0.3) is 0 Å². The predicted octanol–water partition coefficient (Wildman–Crippen LogP) is 15.8. The lowest BCUT2D eigenvalue weighted by molar-refractivity contribution is 0.666. The molecule has 2 heterocycles. The third-order valence-corrected chi connectivity index (χ3v) is 13.8. The van der Waals surface area contributed by atoms with Gasteiger partial charge in [-0.2, -0.15) is 0 Å². The van der Waals surface area contributed by atoms with Gasteiger partial charge in [-0.1, -0.05) is 184 Å². The van der Waals surface area contributed by atoms with Crippen LogP contribution >= 0.6 is 11.3 Å². The number of thiophene rings is 1. The first-order valence-electron chi connectivity index (χ1n) is 20.6. The number of nitrogens with zero attached hydrogens (tertiary/aromatic N) is 2.